The van der Waals surface area contributed by atoms with E-state index in [1.165, 1.54) is 31.0 Å². The molecule has 7 heteroatoms. The Labute approximate surface area is 229 Å². The van der Waals surface area contributed by atoms with Gasteiger partial charge in [0.2, 0.25) is 0 Å². The molecule has 1 saturated heterocycles. The van der Waals surface area contributed by atoms with Crippen molar-refractivity contribution in [2.45, 2.75) is 46.0 Å². The van der Waals surface area contributed by atoms with Crippen LogP contribution in [-0.4, -0.2) is 38.1 Å². The first-order valence-corrected chi connectivity index (χ1v) is 14.0. The zero-order valence-electron chi connectivity index (χ0n) is 21.5. The molecule has 2 heterocycles. The normalized spacial score (nSPS) is 14.5. The molecule has 2 aromatic carbocycles. The van der Waals surface area contributed by atoms with Crippen LogP contribution in [0.5, 0.6) is 5.75 Å². The first-order valence-electron chi connectivity index (χ1n) is 12.8. The lowest BCUT2D eigenvalue weighted by Crippen LogP contribution is -2.29. The minimum Gasteiger partial charge on any atom is -0.489 e. The van der Waals surface area contributed by atoms with Crippen molar-refractivity contribution in [3.63, 3.8) is 0 Å². The number of rotatable bonds is 12. The minimum atomic E-state index is -0.0201. The molecule has 4 rings (SSSR count). The van der Waals surface area contributed by atoms with Crippen LogP contribution in [-0.2, 0) is 4.79 Å². The zero-order valence-corrected chi connectivity index (χ0v) is 23.1. The highest BCUT2D eigenvalue weighted by atomic mass is 32.2. The van der Waals surface area contributed by atoms with Gasteiger partial charge >= 0.3 is 0 Å². The average Bonchev–Trinajstić information content (AvgIpc) is 3.44. The molecular formula is C30H33N3O2S2. The number of ether oxygens (including phenoxy) is 1. The van der Waals surface area contributed by atoms with Gasteiger partial charge in [0.15, 0.2) is 0 Å². The van der Waals surface area contributed by atoms with Gasteiger partial charge in [-0.05, 0) is 55.3 Å². The second-order valence-electron chi connectivity index (χ2n) is 9.04. The Morgan fingerprint density at radius 3 is 2.62 bits per heavy atom. The van der Waals surface area contributed by atoms with Crippen LogP contribution in [0.4, 0.5) is 0 Å². The smallest absolute Gasteiger partial charge is 0.266 e. The minimum absolute atomic E-state index is 0.0201. The molecule has 0 unspecified atom stereocenters. The predicted octanol–water partition coefficient (Wildman–Crippen LogP) is 7.58. The predicted molar refractivity (Wildman–Crippen MR) is 158 cm³/mol. The van der Waals surface area contributed by atoms with E-state index in [9.17, 15) is 4.79 Å². The summed E-state index contributed by atoms with van der Waals surface area (Å²) in [7, 11) is 0. The van der Waals surface area contributed by atoms with Gasteiger partial charge in [-0.15, -0.1) is 0 Å². The number of amides is 1. The van der Waals surface area contributed by atoms with E-state index < -0.39 is 0 Å². The number of thiocarbonyl (C=S) groups is 1. The van der Waals surface area contributed by atoms with Crippen molar-refractivity contribution in [2.24, 2.45) is 0 Å². The number of nitrogens with zero attached hydrogens (tertiary/aromatic N) is 3. The van der Waals surface area contributed by atoms with Gasteiger partial charge in [-0.3, -0.25) is 9.69 Å². The standard InChI is InChI=1S/C30H33N3O2S2/c1-4-6-7-8-12-17-32-29(34)27(37-30(32)36)20-24-21-33(25-13-10-9-11-14-25)31-28(24)23-15-16-26(22(3)19-23)35-18-5-2/h5,9-11,13-16,19-21H,2,4,6-8,12,17-18H2,1,3H3. The molecule has 1 aliphatic rings. The van der Waals surface area contributed by atoms with Gasteiger partial charge in [-0.1, -0.05) is 87.4 Å². The number of para-hydroxylation sites is 1. The lowest BCUT2D eigenvalue weighted by atomic mass is 10.0. The molecule has 0 aliphatic carbocycles. The molecule has 1 aliphatic heterocycles. The molecule has 5 nitrogen and oxygen atoms in total. The van der Waals surface area contributed by atoms with Crippen LogP contribution < -0.4 is 4.74 Å². The molecule has 0 bridgehead atoms. The summed E-state index contributed by atoms with van der Waals surface area (Å²) in [4.78, 5) is 15.6. The topological polar surface area (TPSA) is 47.4 Å². The Kier molecular flexibility index (Phi) is 9.36. The number of hydrogen-bond donors (Lipinski definition) is 0. The fourth-order valence-corrected chi connectivity index (χ4v) is 5.54. The third-order valence-electron chi connectivity index (χ3n) is 6.21. The van der Waals surface area contributed by atoms with Crippen LogP contribution in [0.1, 0.15) is 50.2 Å². The largest absolute Gasteiger partial charge is 0.489 e. The number of unbranched alkanes of at least 4 members (excludes halogenated alkanes) is 4. The third kappa shape index (κ3) is 6.59. The number of benzene rings is 2. The Hall–Kier alpha value is -3.16. The van der Waals surface area contributed by atoms with E-state index in [-0.39, 0.29) is 5.91 Å². The molecule has 1 fully saturated rings. The van der Waals surface area contributed by atoms with Gasteiger partial charge in [-0.25, -0.2) is 4.68 Å². The zero-order chi connectivity index (χ0) is 26.2. The van der Waals surface area contributed by atoms with Crippen LogP contribution in [0.15, 0.2) is 72.3 Å². The molecule has 192 valence electrons. The molecule has 37 heavy (non-hydrogen) atoms. The molecular weight excluding hydrogens is 498 g/mol. The Bertz CT molecular complexity index is 1300. The monoisotopic (exact) mass is 531 g/mol. The molecule has 0 radical (unpaired) electrons. The molecule has 0 atom stereocenters. The van der Waals surface area contributed by atoms with Crippen LogP contribution >= 0.6 is 24.0 Å². The highest BCUT2D eigenvalue weighted by molar-refractivity contribution is 8.26. The van der Waals surface area contributed by atoms with Gasteiger partial charge in [0, 0.05) is 23.9 Å². The maximum Gasteiger partial charge on any atom is 0.266 e. The Morgan fingerprint density at radius 1 is 1.11 bits per heavy atom. The number of carbonyl (C=O) groups excluding carboxylic acids is 1. The van der Waals surface area contributed by atoms with Crippen molar-refractivity contribution in [3.8, 4) is 22.7 Å². The molecule has 0 saturated carbocycles. The number of thioether (sulfide) groups is 1. The van der Waals surface area contributed by atoms with Gasteiger partial charge < -0.3 is 4.74 Å². The SMILES string of the molecule is C=CCOc1ccc(-c2nn(-c3ccccc3)cc2C=C2SC(=S)N(CCCCCCC)C2=O)cc1C. The van der Waals surface area contributed by atoms with Crippen molar-refractivity contribution in [1.82, 2.24) is 14.7 Å². The van der Waals surface area contributed by atoms with E-state index in [2.05, 4.69) is 19.6 Å². The van der Waals surface area contributed by atoms with E-state index in [0.29, 0.717) is 22.4 Å². The van der Waals surface area contributed by atoms with Crippen molar-refractivity contribution >= 4 is 40.3 Å². The fraction of sp³-hybridized carbons (Fsp3) is 0.300. The number of carbonyl (C=O) groups is 1. The van der Waals surface area contributed by atoms with Gasteiger partial charge in [-0.2, -0.15) is 5.10 Å². The lowest BCUT2D eigenvalue weighted by Gasteiger charge is -2.13. The van der Waals surface area contributed by atoms with Crippen molar-refractivity contribution in [3.05, 3.63) is 83.4 Å². The van der Waals surface area contributed by atoms with Gasteiger partial charge in [0.1, 0.15) is 22.4 Å². The Balaban J connectivity index is 1.65. The molecule has 3 aromatic rings. The second-order valence-corrected chi connectivity index (χ2v) is 10.7. The van der Waals surface area contributed by atoms with E-state index in [1.54, 1.807) is 11.0 Å². The van der Waals surface area contributed by atoms with E-state index in [0.717, 1.165) is 46.7 Å². The van der Waals surface area contributed by atoms with Crippen molar-refractivity contribution in [2.75, 3.05) is 13.2 Å². The summed E-state index contributed by atoms with van der Waals surface area (Å²) in [6.45, 7) is 9.06. The number of aromatic nitrogens is 2. The highest BCUT2D eigenvalue weighted by Gasteiger charge is 2.32. The quantitative estimate of drug-likeness (QED) is 0.104. The molecule has 0 N–H and O–H groups in total. The third-order valence-corrected chi connectivity index (χ3v) is 7.59. The second kappa shape index (κ2) is 12.9. The van der Waals surface area contributed by atoms with Crippen LogP contribution in [0.3, 0.4) is 0 Å². The summed E-state index contributed by atoms with van der Waals surface area (Å²) in [6.07, 6.45) is 11.3. The first-order chi connectivity index (χ1) is 18.0. The lowest BCUT2D eigenvalue weighted by molar-refractivity contribution is -0.122. The molecule has 1 aromatic heterocycles. The summed E-state index contributed by atoms with van der Waals surface area (Å²) in [5, 5.41) is 4.91. The summed E-state index contributed by atoms with van der Waals surface area (Å²) in [5.74, 6) is 0.792. The van der Waals surface area contributed by atoms with Crippen molar-refractivity contribution in [1.29, 1.82) is 0 Å². The van der Waals surface area contributed by atoms with Gasteiger partial charge in [0.25, 0.3) is 5.91 Å². The van der Waals surface area contributed by atoms with E-state index in [1.807, 2.05) is 66.3 Å². The summed E-state index contributed by atoms with van der Waals surface area (Å²) < 4.78 is 8.24. The maximum absolute atomic E-state index is 13.3. The van der Waals surface area contributed by atoms with E-state index in [4.69, 9.17) is 22.1 Å². The summed E-state index contributed by atoms with van der Waals surface area (Å²) >= 11 is 6.94. The highest BCUT2D eigenvalue weighted by Crippen LogP contribution is 2.36. The fourth-order valence-electron chi connectivity index (χ4n) is 4.25. The molecule has 0 spiro atoms. The van der Waals surface area contributed by atoms with E-state index >= 15 is 0 Å². The number of hydrogen-bond acceptors (Lipinski definition) is 5. The van der Waals surface area contributed by atoms with Crippen molar-refractivity contribution < 1.29 is 9.53 Å². The summed E-state index contributed by atoms with van der Waals surface area (Å²) in [6, 6.07) is 16.0. The average molecular weight is 532 g/mol. The number of aryl methyl sites for hydroxylation is 1. The van der Waals surface area contributed by atoms with Gasteiger partial charge in [0.05, 0.1) is 10.6 Å². The summed E-state index contributed by atoms with van der Waals surface area (Å²) in [5.41, 5.74) is 4.58. The molecule has 1 amide bonds. The maximum atomic E-state index is 13.3. The van der Waals surface area contributed by atoms with Crippen LogP contribution in [0.2, 0.25) is 0 Å². The van der Waals surface area contributed by atoms with Crippen LogP contribution in [0, 0.1) is 6.92 Å². The first kappa shape index (κ1) is 26.9. The Morgan fingerprint density at radius 2 is 1.89 bits per heavy atom. The van der Waals surface area contributed by atoms with Crippen LogP contribution in [0.25, 0.3) is 23.0 Å².